The Bertz CT molecular complexity index is 787. The van der Waals surface area contributed by atoms with Crippen LogP contribution in [0.4, 0.5) is 0 Å². The van der Waals surface area contributed by atoms with E-state index in [-0.39, 0.29) is 11.3 Å². The molecule has 0 aromatic carbocycles. The summed E-state index contributed by atoms with van der Waals surface area (Å²) in [7, 11) is 0. The molecule has 0 saturated heterocycles. The number of hydrogen-bond acceptors (Lipinski definition) is 3. The van der Waals surface area contributed by atoms with Crippen LogP contribution in [0.2, 0.25) is 0 Å². The Labute approximate surface area is 189 Å². The molecular formula is C28H44O3. The predicted molar refractivity (Wildman–Crippen MR) is 126 cm³/mol. The van der Waals surface area contributed by atoms with Crippen molar-refractivity contribution in [2.45, 2.75) is 97.9 Å². The van der Waals surface area contributed by atoms with Crippen LogP contribution in [0.15, 0.2) is 35.5 Å². The second kappa shape index (κ2) is 7.85. The SMILES string of the molecule is CC(/C=C/C(C)C(C)(C)O)[C@H]1CC[C@H]2C3=CC=C4C[C@@H](O)C[C@H](O)[C@]4(C)[C@H]3CC[C@]12C. The molecule has 0 spiro atoms. The maximum atomic E-state index is 11.0. The molecule has 3 nitrogen and oxygen atoms in total. The molecule has 3 N–H and O–H groups in total. The van der Waals surface area contributed by atoms with Crippen molar-refractivity contribution in [3.63, 3.8) is 0 Å². The smallest absolute Gasteiger partial charge is 0.0661 e. The van der Waals surface area contributed by atoms with E-state index in [2.05, 4.69) is 52.0 Å². The third-order valence-electron chi connectivity index (χ3n) is 10.2. The van der Waals surface area contributed by atoms with E-state index >= 15 is 0 Å². The van der Waals surface area contributed by atoms with Gasteiger partial charge in [0.2, 0.25) is 0 Å². The van der Waals surface area contributed by atoms with Gasteiger partial charge in [0.05, 0.1) is 17.8 Å². The number of allylic oxidation sites excluding steroid dienone is 4. The van der Waals surface area contributed by atoms with Crippen molar-refractivity contribution in [2.75, 3.05) is 0 Å². The monoisotopic (exact) mass is 428 g/mol. The molecule has 3 fully saturated rings. The van der Waals surface area contributed by atoms with Crippen LogP contribution < -0.4 is 0 Å². The largest absolute Gasteiger partial charge is 0.393 e. The first-order chi connectivity index (χ1) is 14.4. The maximum Gasteiger partial charge on any atom is 0.0661 e. The highest BCUT2D eigenvalue weighted by Gasteiger charge is 2.58. The third kappa shape index (κ3) is 3.69. The van der Waals surface area contributed by atoms with Crippen molar-refractivity contribution in [1.29, 1.82) is 0 Å². The summed E-state index contributed by atoms with van der Waals surface area (Å²) >= 11 is 0. The van der Waals surface area contributed by atoms with Gasteiger partial charge in [-0.3, -0.25) is 0 Å². The standard InChI is InChI=1S/C28H44O3/c1-17(7-8-18(2)26(3,4)31)22-11-12-23-21-10-9-19-15-20(29)16-25(30)28(19,6)24(21)13-14-27(22,23)5/h7-10,17-18,20,22-25,29-31H,11-16H2,1-6H3/b8-7+/t17?,18?,20-,22-,23+,24+,25+,27-,28+/m1/s1. The summed E-state index contributed by atoms with van der Waals surface area (Å²) in [5.41, 5.74) is 2.22. The average molecular weight is 429 g/mol. The third-order valence-corrected chi connectivity index (χ3v) is 10.2. The first-order valence-corrected chi connectivity index (χ1v) is 12.6. The lowest BCUT2D eigenvalue weighted by Gasteiger charge is -2.56. The van der Waals surface area contributed by atoms with E-state index in [1.54, 1.807) is 5.57 Å². The van der Waals surface area contributed by atoms with Gasteiger partial charge in [-0.2, -0.15) is 0 Å². The van der Waals surface area contributed by atoms with Crippen molar-refractivity contribution in [1.82, 2.24) is 0 Å². The zero-order valence-corrected chi connectivity index (χ0v) is 20.4. The lowest BCUT2D eigenvalue weighted by Crippen LogP contribution is -2.52. The van der Waals surface area contributed by atoms with Crippen LogP contribution in [0.5, 0.6) is 0 Å². The fraction of sp³-hybridized carbons (Fsp3) is 0.786. The van der Waals surface area contributed by atoms with Crippen molar-refractivity contribution < 1.29 is 15.3 Å². The Balaban J connectivity index is 1.58. The fourth-order valence-electron chi connectivity index (χ4n) is 7.66. The van der Waals surface area contributed by atoms with E-state index in [0.717, 1.165) is 6.42 Å². The topological polar surface area (TPSA) is 60.7 Å². The highest BCUT2D eigenvalue weighted by Crippen LogP contribution is 2.66. The van der Waals surface area contributed by atoms with Crippen LogP contribution >= 0.6 is 0 Å². The molecule has 4 aliphatic rings. The summed E-state index contributed by atoms with van der Waals surface area (Å²) in [6, 6.07) is 0. The normalized spacial score (nSPS) is 44.7. The van der Waals surface area contributed by atoms with E-state index < -0.39 is 17.8 Å². The molecule has 0 aliphatic heterocycles. The lowest BCUT2D eigenvalue weighted by atomic mass is 9.49. The van der Waals surface area contributed by atoms with Gasteiger partial charge in [0.15, 0.2) is 0 Å². The Hall–Kier alpha value is -0.900. The number of hydrogen-bond donors (Lipinski definition) is 3. The van der Waals surface area contributed by atoms with Crippen LogP contribution in [0.25, 0.3) is 0 Å². The van der Waals surface area contributed by atoms with Crippen molar-refractivity contribution >= 4 is 0 Å². The molecule has 174 valence electrons. The molecule has 0 radical (unpaired) electrons. The zero-order valence-electron chi connectivity index (χ0n) is 20.4. The first-order valence-electron chi connectivity index (χ1n) is 12.6. The number of aliphatic hydroxyl groups is 3. The number of rotatable bonds is 4. The molecule has 3 heteroatoms. The Morgan fingerprint density at radius 1 is 1.03 bits per heavy atom. The minimum absolute atomic E-state index is 0.142. The number of aliphatic hydroxyl groups excluding tert-OH is 2. The van der Waals surface area contributed by atoms with Gasteiger partial charge in [0, 0.05) is 17.8 Å². The molecule has 4 rings (SSSR count). The van der Waals surface area contributed by atoms with Crippen LogP contribution in [0.1, 0.15) is 80.1 Å². The zero-order chi connectivity index (χ0) is 22.8. The second-order valence-electron chi connectivity index (χ2n) is 12.3. The molecule has 0 aromatic heterocycles. The average Bonchev–Trinajstić information content (AvgIpc) is 3.03. The number of fused-ring (bicyclic) bond motifs is 5. The van der Waals surface area contributed by atoms with E-state index in [0.29, 0.717) is 41.9 Å². The minimum Gasteiger partial charge on any atom is -0.393 e. The molecule has 4 aliphatic carbocycles. The highest BCUT2D eigenvalue weighted by molar-refractivity contribution is 5.40. The predicted octanol–water partition coefficient (Wildman–Crippen LogP) is 5.42. The Kier molecular flexibility index (Phi) is 5.89. The van der Waals surface area contributed by atoms with Crippen LogP contribution in [-0.4, -0.2) is 33.1 Å². The van der Waals surface area contributed by atoms with Gasteiger partial charge < -0.3 is 15.3 Å². The van der Waals surface area contributed by atoms with Gasteiger partial charge in [-0.1, -0.05) is 63.1 Å². The van der Waals surface area contributed by atoms with Gasteiger partial charge in [0.25, 0.3) is 0 Å². The highest BCUT2D eigenvalue weighted by atomic mass is 16.3. The van der Waals surface area contributed by atoms with E-state index in [1.807, 2.05) is 13.8 Å². The maximum absolute atomic E-state index is 11.0. The summed E-state index contributed by atoms with van der Waals surface area (Å²) in [5.74, 6) is 2.29. The Morgan fingerprint density at radius 2 is 1.74 bits per heavy atom. The van der Waals surface area contributed by atoms with Crippen molar-refractivity contribution in [2.24, 2.45) is 40.4 Å². The molecular weight excluding hydrogens is 384 g/mol. The molecule has 9 atom stereocenters. The summed E-state index contributed by atoms with van der Waals surface area (Å²) in [4.78, 5) is 0. The summed E-state index contributed by atoms with van der Waals surface area (Å²) in [6.45, 7) is 13.0. The van der Waals surface area contributed by atoms with Crippen LogP contribution in [-0.2, 0) is 0 Å². The summed E-state index contributed by atoms with van der Waals surface area (Å²) < 4.78 is 0. The van der Waals surface area contributed by atoms with Gasteiger partial charge in [0.1, 0.15) is 0 Å². The second-order valence-corrected chi connectivity index (χ2v) is 12.3. The summed E-state index contributed by atoms with van der Waals surface area (Å²) in [5, 5.41) is 31.5. The molecule has 3 saturated carbocycles. The van der Waals surface area contributed by atoms with Gasteiger partial charge in [-0.25, -0.2) is 0 Å². The van der Waals surface area contributed by atoms with Gasteiger partial charge >= 0.3 is 0 Å². The molecule has 0 aromatic rings. The Morgan fingerprint density at radius 3 is 2.42 bits per heavy atom. The molecule has 0 heterocycles. The van der Waals surface area contributed by atoms with Crippen LogP contribution in [0, 0.1) is 40.4 Å². The van der Waals surface area contributed by atoms with Crippen LogP contribution in [0.3, 0.4) is 0 Å². The molecule has 2 unspecified atom stereocenters. The van der Waals surface area contributed by atoms with Crippen molar-refractivity contribution in [3.05, 3.63) is 35.5 Å². The fourth-order valence-corrected chi connectivity index (χ4v) is 7.66. The lowest BCUT2D eigenvalue weighted by molar-refractivity contribution is -0.0537. The summed E-state index contributed by atoms with van der Waals surface area (Å²) in [6.07, 6.45) is 14.4. The molecule has 31 heavy (non-hydrogen) atoms. The van der Waals surface area contributed by atoms with E-state index in [1.165, 1.54) is 24.8 Å². The van der Waals surface area contributed by atoms with Gasteiger partial charge in [-0.05, 0) is 75.0 Å². The van der Waals surface area contributed by atoms with Gasteiger partial charge in [-0.15, -0.1) is 0 Å². The van der Waals surface area contributed by atoms with E-state index in [9.17, 15) is 15.3 Å². The molecule has 0 bridgehead atoms. The quantitative estimate of drug-likeness (QED) is 0.524. The first kappa shape index (κ1) is 23.3. The van der Waals surface area contributed by atoms with Crippen molar-refractivity contribution in [3.8, 4) is 0 Å². The minimum atomic E-state index is -0.683. The van der Waals surface area contributed by atoms with E-state index in [4.69, 9.17) is 0 Å². The molecule has 0 amide bonds.